The number of benzene rings is 4. The summed E-state index contributed by atoms with van der Waals surface area (Å²) >= 11 is 6.30. The average molecular weight is 632 g/mol. The summed E-state index contributed by atoms with van der Waals surface area (Å²) in [4.78, 5) is 29.7. The second-order valence-electron chi connectivity index (χ2n) is 10.9. The molecule has 0 aliphatic heterocycles. The second-order valence-corrected chi connectivity index (χ2v) is 13.2. The van der Waals surface area contributed by atoms with Crippen molar-refractivity contribution in [3.05, 3.63) is 131 Å². The highest BCUT2D eigenvalue weighted by molar-refractivity contribution is 7.92. The zero-order valence-corrected chi connectivity index (χ0v) is 26.8. The van der Waals surface area contributed by atoms with Gasteiger partial charge in [-0.1, -0.05) is 91.3 Å². The summed E-state index contributed by atoms with van der Waals surface area (Å²) < 4.78 is 29.2. The van der Waals surface area contributed by atoms with Gasteiger partial charge in [0.15, 0.2) is 0 Å². The molecule has 1 atom stereocenters. The summed E-state index contributed by atoms with van der Waals surface area (Å²) in [6.07, 6.45) is 1.02. The van der Waals surface area contributed by atoms with E-state index in [1.54, 1.807) is 48.5 Å². The number of nitrogens with zero attached hydrogens (tertiary/aromatic N) is 2. The molecular formula is C35H38ClN3O4S. The van der Waals surface area contributed by atoms with Crippen molar-refractivity contribution in [2.75, 3.05) is 10.8 Å². The summed E-state index contributed by atoms with van der Waals surface area (Å²) in [5, 5.41) is 3.45. The zero-order valence-electron chi connectivity index (χ0n) is 25.2. The van der Waals surface area contributed by atoms with Crippen molar-refractivity contribution in [1.29, 1.82) is 0 Å². The largest absolute Gasteiger partial charge is 0.352 e. The molecule has 0 unspecified atom stereocenters. The number of hydrogen-bond acceptors (Lipinski definition) is 4. The quantitative estimate of drug-likeness (QED) is 0.189. The average Bonchev–Trinajstić information content (AvgIpc) is 3.02. The lowest BCUT2D eigenvalue weighted by Gasteiger charge is -2.34. The molecule has 230 valence electrons. The summed E-state index contributed by atoms with van der Waals surface area (Å²) in [6, 6.07) is 30.6. The Balaban J connectivity index is 1.80. The molecule has 4 rings (SSSR count). The van der Waals surface area contributed by atoms with Gasteiger partial charge in [-0.25, -0.2) is 8.42 Å². The fourth-order valence-electron chi connectivity index (χ4n) is 4.91. The van der Waals surface area contributed by atoms with E-state index < -0.39 is 28.5 Å². The van der Waals surface area contributed by atoms with Gasteiger partial charge in [-0.3, -0.25) is 13.9 Å². The molecule has 0 spiro atoms. The summed E-state index contributed by atoms with van der Waals surface area (Å²) in [5.41, 5.74) is 2.97. The minimum absolute atomic E-state index is 0.0520. The molecule has 0 aliphatic rings. The van der Waals surface area contributed by atoms with Gasteiger partial charge in [0.2, 0.25) is 11.8 Å². The molecule has 4 aromatic rings. The van der Waals surface area contributed by atoms with Crippen molar-refractivity contribution in [2.45, 2.75) is 57.1 Å². The highest BCUT2D eigenvalue weighted by atomic mass is 35.5. The molecular weight excluding hydrogens is 594 g/mol. The molecule has 0 fully saturated rings. The highest BCUT2D eigenvalue weighted by Crippen LogP contribution is 2.26. The topological polar surface area (TPSA) is 86.8 Å². The van der Waals surface area contributed by atoms with Crippen LogP contribution in [0, 0.1) is 0 Å². The Kier molecular flexibility index (Phi) is 11.2. The van der Waals surface area contributed by atoms with Crippen molar-refractivity contribution in [3.8, 4) is 0 Å². The van der Waals surface area contributed by atoms with Gasteiger partial charge in [-0.05, 0) is 73.4 Å². The minimum atomic E-state index is -4.14. The van der Waals surface area contributed by atoms with Crippen LogP contribution in [0.3, 0.4) is 0 Å². The van der Waals surface area contributed by atoms with Crippen LogP contribution < -0.4 is 9.62 Å². The smallest absolute Gasteiger partial charge is 0.264 e. The molecule has 0 aromatic heterocycles. The van der Waals surface area contributed by atoms with E-state index in [-0.39, 0.29) is 29.8 Å². The third kappa shape index (κ3) is 8.49. The monoisotopic (exact) mass is 631 g/mol. The Labute approximate surface area is 265 Å². The fourth-order valence-corrected chi connectivity index (χ4v) is 6.56. The number of sulfonamides is 1. The van der Waals surface area contributed by atoms with E-state index in [1.807, 2.05) is 69.3 Å². The molecule has 0 saturated carbocycles. The number of nitrogens with one attached hydrogen (secondary N) is 1. The summed E-state index contributed by atoms with van der Waals surface area (Å²) in [7, 11) is -4.14. The number of amides is 2. The first kappa shape index (κ1) is 32.8. The van der Waals surface area contributed by atoms with Crippen LogP contribution in [0.4, 0.5) is 5.69 Å². The Bertz CT molecular complexity index is 1650. The maximum absolute atomic E-state index is 14.4. The zero-order chi connectivity index (χ0) is 31.7. The molecule has 2 amide bonds. The molecule has 44 heavy (non-hydrogen) atoms. The predicted molar refractivity (Wildman–Crippen MR) is 176 cm³/mol. The van der Waals surface area contributed by atoms with Crippen LogP contribution in [0.5, 0.6) is 0 Å². The van der Waals surface area contributed by atoms with Crippen LogP contribution in [0.25, 0.3) is 0 Å². The number of carbonyl (C=O) groups excluding carboxylic acids is 2. The van der Waals surface area contributed by atoms with Crippen molar-refractivity contribution in [2.24, 2.45) is 0 Å². The van der Waals surface area contributed by atoms with Crippen molar-refractivity contribution in [1.82, 2.24) is 10.2 Å². The molecule has 1 N–H and O–H groups in total. The van der Waals surface area contributed by atoms with Gasteiger partial charge in [0.1, 0.15) is 12.6 Å². The molecule has 7 nitrogen and oxygen atoms in total. The highest BCUT2D eigenvalue weighted by Gasteiger charge is 2.34. The third-order valence-corrected chi connectivity index (χ3v) is 9.21. The first-order chi connectivity index (χ1) is 21.1. The SMILES string of the molecule is CCc1ccc(N(CC(=O)N(Cc2cccc(Cl)c2)[C@H](Cc2ccccc2)C(=O)NC(C)C)S(=O)(=O)c2ccccc2)cc1. The van der Waals surface area contributed by atoms with Gasteiger partial charge in [0.05, 0.1) is 10.6 Å². The van der Waals surface area contributed by atoms with Crippen LogP contribution in [-0.2, 0) is 39.0 Å². The van der Waals surface area contributed by atoms with Gasteiger partial charge in [0.25, 0.3) is 10.0 Å². The first-order valence-electron chi connectivity index (χ1n) is 14.6. The molecule has 9 heteroatoms. The van der Waals surface area contributed by atoms with Crippen LogP contribution >= 0.6 is 11.6 Å². The fraction of sp³-hybridized carbons (Fsp3) is 0.257. The van der Waals surface area contributed by atoms with E-state index >= 15 is 0 Å². The molecule has 0 radical (unpaired) electrons. The first-order valence-corrected chi connectivity index (χ1v) is 16.4. The van der Waals surface area contributed by atoms with E-state index in [1.165, 1.54) is 17.0 Å². The van der Waals surface area contributed by atoms with Crippen molar-refractivity contribution in [3.63, 3.8) is 0 Å². The van der Waals surface area contributed by atoms with Gasteiger partial charge < -0.3 is 10.2 Å². The molecule has 0 aliphatic carbocycles. The van der Waals surface area contributed by atoms with Crippen LogP contribution in [-0.4, -0.2) is 43.8 Å². The molecule has 0 bridgehead atoms. The Morgan fingerprint density at radius 3 is 2.00 bits per heavy atom. The minimum Gasteiger partial charge on any atom is -0.352 e. The third-order valence-electron chi connectivity index (χ3n) is 7.19. The van der Waals surface area contributed by atoms with E-state index in [2.05, 4.69) is 5.32 Å². The Hall–Kier alpha value is -4.14. The van der Waals surface area contributed by atoms with E-state index in [4.69, 9.17) is 11.6 Å². The molecule has 4 aromatic carbocycles. The number of carbonyl (C=O) groups is 2. The number of rotatable bonds is 13. The van der Waals surface area contributed by atoms with E-state index in [9.17, 15) is 18.0 Å². The normalized spacial score (nSPS) is 12.0. The summed E-state index contributed by atoms with van der Waals surface area (Å²) in [5.74, 6) is -0.854. The lowest BCUT2D eigenvalue weighted by molar-refractivity contribution is -0.140. The number of anilines is 1. The summed E-state index contributed by atoms with van der Waals surface area (Å²) in [6.45, 7) is 5.27. The van der Waals surface area contributed by atoms with Crippen LogP contribution in [0.15, 0.2) is 114 Å². The standard InChI is InChI=1S/C35H38ClN3O4S/c1-4-27-18-20-31(21-19-27)39(44(42,43)32-16-9-6-10-17-32)25-34(40)38(24-29-14-11-15-30(36)22-29)33(35(41)37-26(2)3)23-28-12-7-5-8-13-28/h5-22,26,33H,4,23-25H2,1-3H3,(H,37,41)/t33-/m1/s1. The number of hydrogen-bond donors (Lipinski definition) is 1. The lowest BCUT2D eigenvalue weighted by atomic mass is 10.0. The maximum Gasteiger partial charge on any atom is 0.264 e. The van der Waals surface area contributed by atoms with Gasteiger partial charge >= 0.3 is 0 Å². The Morgan fingerprint density at radius 2 is 1.41 bits per heavy atom. The van der Waals surface area contributed by atoms with Crippen molar-refractivity contribution >= 4 is 39.1 Å². The van der Waals surface area contributed by atoms with Gasteiger partial charge in [-0.2, -0.15) is 0 Å². The number of halogens is 1. The maximum atomic E-state index is 14.4. The second kappa shape index (κ2) is 15.0. The van der Waals surface area contributed by atoms with Gasteiger partial charge in [-0.15, -0.1) is 0 Å². The van der Waals surface area contributed by atoms with Crippen LogP contribution in [0.1, 0.15) is 37.5 Å². The van der Waals surface area contributed by atoms with E-state index in [0.29, 0.717) is 16.3 Å². The van der Waals surface area contributed by atoms with Crippen molar-refractivity contribution < 1.29 is 18.0 Å². The van der Waals surface area contributed by atoms with Crippen LogP contribution in [0.2, 0.25) is 5.02 Å². The number of aryl methyl sites for hydroxylation is 1. The lowest BCUT2D eigenvalue weighted by Crippen LogP contribution is -2.54. The molecule has 0 heterocycles. The van der Waals surface area contributed by atoms with E-state index in [0.717, 1.165) is 21.9 Å². The Morgan fingerprint density at radius 1 is 0.795 bits per heavy atom. The molecule has 0 saturated heterocycles. The predicted octanol–water partition coefficient (Wildman–Crippen LogP) is 6.26. The van der Waals surface area contributed by atoms with Gasteiger partial charge in [0, 0.05) is 24.0 Å².